The molecule has 2 aromatic rings. The van der Waals surface area contributed by atoms with E-state index in [0.29, 0.717) is 23.3 Å². The molecule has 0 unspecified atom stereocenters. The fourth-order valence-electron chi connectivity index (χ4n) is 1.93. The fourth-order valence-corrected chi connectivity index (χ4v) is 1.93. The van der Waals surface area contributed by atoms with Gasteiger partial charge in [0.25, 0.3) is 5.91 Å². The second-order valence-corrected chi connectivity index (χ2v) is 4.60. The summed E-state index contributed by atoms with van der Waals surface area (Å²) in [6.45, 7) is 4.08. The van der Waals surface area contributed by atoms with Gasteiger partial charge in [-0.2, -0.15) is 0 Å². The van der Waals surface area contributed by atoms with E-state index in [0.717, 1.165) is 5.56 Å². The molecular formula is C17H17NO3. The third-order valence-corrected chi connectivity index (χ3v) is 3.04. The molecule has 21 heavy (non-hydrogen) atoms. The van der Waals surface area contributed by atoms with Crippen LogP contribution in [0.4, 0.5) is 0 Å². The monoisotopic (exact) mass is 283 g/mol. The smallest absolute Gasteiger partial charge is 0.275 e. The van der Waals surface area contributed by atoms with Crippen LogP contribution in [0.2, 0.25) is 0 Å². The van der Waals surface area contributed by atoms with Crippen LogP contribution in [0.25, 0.3) is 0 Å². The van der Waals surface area contributed by atoms with Crippen molar-refractivity contribution in [2.45, 2.75) is 13.8 Å². The zero-order valence-corrected chi connectivity index (χ0v) is 12.1. The van der Waals surface area contributed by atoms with Gasteiger partial charge in [-0.1, -0.05) is 48.0 Å². The first-order valence-electron chi connectivity index (χ1n) is 6.76. The molecule has 0 spiro atoms. The largest absolute Gasteiger partial charge is 0.289 e. The lowest BCUT2D eigenvalue weighted by Crippen LogP contribution is -2.25. The molecule has 2 rings (SSSR count). The zero-order chi connectivity index (χ0) is 15.2. The van der Waals surface area contributed by atoms with E-state index in [1.165, 1.54) is 0 Å². The Morgan fingerprint density at radius 3 is 2.24 bits per heavy atom. The molecule has 0 heterocycles. The summed E-state index contributed by atoms with van der Waals surface area (Å²) in [4.78, 5) is 29.5. The van der Waals surface area contributed by atoms with E-state index in [1.807, 2.05) is 19.1 Å². The van der Waals surface area contributed by atoms with Crippen LogP contribution < -0.4 is 5.48 Å². The summed E-state index contributed by atoms with van der Waals surface area (Å²) >= 11 is 0. The van der Waals surface area contributed by atoms with Crippen molar-refractivity contribution in [3.05, 3.63) is 70.8 Å². The summed E-state index contributed by atoms with van der Waals surface area (Å²) in [5.41, 5.74) is 4.61. The summed E-state index contributed by atoms with van der Waals surface area (Å²) in [6.07, 6.45) is 0. The van der Waals surface area contributed by atoms with Gasteiger partial charge in [0.2, 0.25) is 0 Å². The minimum atomic E-state index is -0.423. The summed E-state index contributed by atoms with van der Waals surface area (Å²) < 4.78 is 0. The van der Waals surface area contributed by atoms with Crippen LogP contribution in [0.1, 0.15) is 38.8 Å². The molecule has 0 saturated carbocycles. The highest BCUT2D eigenvalue weighted by Crippen LogP contribution is 2.15. The van der Waals surface area contributed by atoms with Crippen molar-refractivity contribution in [3.8, 4) is 0 Å². The Bertz CT molecular complexity index is 647. The Hall–Kier alpha value is -2.46. The number of hydrogen-bond donors (Lipinski definition) is 1. The highest BCUT2D eigenvalue weighted by molar-refractivity contribution is 6.15. The van der Waals surface area contributed by atoms with Gasteiger partial charge in [-0.3, -0.25) is 14.4 Å². The number of benzene rings is 2. The van der Waals surface area contributed by atoms with Crippen LogP contribution in [0, 0.1) is 6.92 Å². The molecule has 2 aromatic carbocycles. The van der Waals surface area contributed by atoms with Crippen molar-refractivity contribution in [3.63, 3.8) is 0 Å². The van der Waals surface area contributed by atoms with Crippen molar-refractivity contribution < 1.29 is 14.4 Å². The molecule has 0 atom stereocenters. The van der Waals surface area contributed by atoms with Gasteiger partial charge in [0.05, 0.1) is 12.2 Å². The van der Waals surface area contributed by atoms with Crippen molar-refractivity contribution in [1.29, 1.82) is 0 Å². The van der Waals surface area contributed by atoms with E-state index >= 15 is 0 Å². The second-order valence-electron chi connectivity index (χ2n) is 4.60. The molecule has 0 radical (unpaired) electrons. The summed E-state index contributed by atoms with van der Waals surface area (Å²) in [5.74, 6) is -0.606. The lowest BCUT2D eigenvalue weighted by Gasteiger charge is -2.09. The van der Waals surface area contributed by atoms with E-state index in [-0.39, 0.29) is 5.78 Å². The van der Waals surface area contributed by atoms with Crippen LogP contribution >= 0.6 is 0 Å². The number of hydroxylamine groups is 1. The fraction of sp³-hybridized carbons (Fsp3) is 0.176. The normalized spacial score (nSPS) is 10.2. The van der Waals surface area contributed by atoms with E-state index in [1.54, 1.807) is 43.3 Å². The van der Waals surface area contributed by atoms with E-state index in [4.69, 9.17) is 4.84 Å². The Kier molecular flexibility index (Phi) is 4.85. The molecule has 0 aliphatic carbocycles. The summed E-state index contributed by atoms with van der Waals surface area (Å²) in [5, 5.41) is 0. The molecule has 108 valence electrons. The van der Waals surface area contributed by atoms with Gasteiger partial charge in [-0.25, -0.2) is 5.48 Å². The number of amides is 1. The third kappa shape index (κ3) is 3.55. The number of carbonyl (C=O) groups excluding carboxylic acids is 2. The Balaban J connectivity index is 2.33. The molecule has 1 N–H and O–H groups in total. The first kappa shape index (κ1) is 14.9. The highest BCUT2D eigenvalue weighted by Gasteiger charge is 2.17. The predicted octanol–water partition coefficient (Wildman–Crippen LogP) is 2.91. The Morgan fingerprint density at radius 1 is 1.00 bits per heavy atom. The van der Waals surface area contributed by atoms with Crippen LogP contribution in [0.5, 0.6) is 0 Å². The van der Waals surface area contributed by atoms with Crippen LogP contribution in [0.15, 0.2) is 48.5 Å². The number of nitrogens with one attached hydrogen (secondary N) is 1. The standard InChI is InChI=1S/C17H17NO3/c1-3-21-18-17(20)15-7-5-4-6-14(15)16(19)13-10-8-12(2)9-11-13/h4-11H,3H2,1-2H3,(H,18,20). The molecular weight excluding hydrogens is 266 g/mol. The topological polar surface area (TPSA) is 55.4 Å². The van der Waals surface area contributed by atoms with Gasteiger partial charge in [-0.15, -0.1) is 0 Å². The molecule has 0 aliphatic heterocycles. The Labute approximate surface area is 123 Å². The zero-order valence-electron chi connectivity index (χ0n) is 12.1. The number of rotatable bonds is 5. The number of hydrogen-bond acceptors (Lipinski definition) is 3. The van der Waals surface area contributed by atoms with Crippen molar-refractivity contribution in [1.82, 2.24) is 5.48 Å². The van der Waals surface area contributed by atoms with Crippen LogP contribution in [-0.4, -0.2) is 18.3 Å². The van der Waals surface area contributed by atoms with Crippen molar-refractivity contribution in [2.75, 3.05) is 6.61 Å². The first-order chi connectivity index (χ1) is 10.1. The molecule has 4 heteroatoms. The van der Waals surface area contributed by atoms with E-state index < -0.39 is 5.91 Å². The van der Waals surface area contributed by atoms with Gasteiger partial charge >= 0.3 is 0 Å². The van der Waals surface area contributed by atoms with Crippen molar-refractivity contribution in [2.24, 2.45) is 0 Å². The quantitative estimate of drug-likeness (QED) is 0.678. The highest BCUT2D eigenvalue weighted by atomic mass is 16.6. The summed E-state index contributed by atoms with van der Waals surface area (Å²) in [6, 6.07) is 14.0. The summed E-state index contributed by atoms with van der Waals surface area (Å²) in [7, 11) is 0. The molecule has 1 amide bonds. The van der Waals surface area contributed by atoms with Crippen LogP contribution in [0.3, 0.4) is 0 Å². The maximum atomic E-state index is 12.5. The maximum absolute atomic E-state index is 12.5. The van der Waals surface area contributed by atoms with Gasteiger partial charge < -0.3 is 0 Å². The number of ketones is 1. The average Bonchev–Trinajstić information content (AvgIpc) is 2.52. The minimum Gasteiger partial charge on any atom is -0.289 e. The van der Waals surface area contributed by atoms with Crippen LogP contribution in [-0.2, 0) is 4.84 Å². The van der Waals surface area contributed by atoms with Gasteiger partial charge in [0.15, 0.2) is 5.78 Å². The number of carbonyl (C=O) groups is 2. The van der Waals surface area contributed by atoms with Gasteiger partial charge in [0, 0.05) is 11.1 Å². The van der Waals surface area contributed by atoms with Crippen molar-refractivity contribution >= 4 is 11.7 Å². The lowest BCUT2D eigenvalue weighted by molar-refractivity contribution is 0.0363. The van der Waals surface area contributed by atoms with Gasteiger partial charge in [-0.05, 0) is 19.9 Å². The Morgan fingerprint density at radius 2 is 1.62 bits per heavy atom. The lowest BCUT2D eigenvalue weighted by atomic mass is 9.97. The molecule has 0 bridgehead atoms. The second kappa shape index (κ2) is 6.81. The van der Waals surface area contributed by atoms with E-state index in [2.05, 4.69) is 5.48 Å². The molecule has 0 aromatic heterocycles. The van der Waals surface area contributed by atoms with E-state index in [9.17, 15) is 9.59 Å². The third-order valence-electron chi connectivity index (χ3n) is 3.04. The molecule has 0 saturated heterocycles. The average molecular weight is 283 g/mol. The molecule has 4 nitrogen and oxygen atoms in total. The predicted molar refractivity (Wildman–Crippen MR) is 80.1 cm³/mol. The molecule has 0 fully saturated rings. The SMILES string of the molecule is CCONC(=O)c1ccccc1C(=O)c1ccc(C)cc1. The molecule has 0 aliphatic rings. The number of aryl methyl sites for hydroxylation is 1. The minimum absolute atomic E-state index is 0.183. The first-order valence-corrected chi connectivity index (χ1v) is 6.76. The van der Waals surface area contributed by atoms with Gasteiger partial charge in [0.1, 0.15) is 0 Å². The maximum Gasteiger partial charge on any atom is 0.275 e.